The molecule has 29 heavy (non-hydrogen) atoms. The summed E-state index contributed by atoms with van der Waals surface area (Å²) >= 11 is 3.33. The number of amides is 1. The molecule has 9 nitrogen and oxygen atoms in total. The van der Waals surface area contributed by atoms with Crippen molar-refractivity contribution in [1.82, 2.24) is 39.9 Å². The first kappa shape index (κ1) is 19.1. The maximum atomic E-state index is 13.3. The molecule has 1 amide bonds. The zero-order valence-electron chi connectivity index (χ0n) is 14.9. The van der Waals surface area contributed by atoms with E-state index in [4.69, 9.17) is 0 Å². The lowest BCUT2D eigenvalue weighted by molar-refractivity contribution is 0.0950. The summed E-state index contributed by atoms with van der Waals surface area (Å²) in [7, 11) is 0. The van der Waals surface area contributed by atoms with E-state index in [1.54, 1.807) is 16.8 Å². The third-order valence-electron chi connectivity index (χ3n) is 4.15. The van der Waals surface area contributed by atoms with E-state index in [0.717, 1.165) is 15.9 Å². The van der Waals surface area contributed by atoms with E-state index < -0.39 is 18.2 Å². The highest BCUT2D eigenvalue weighted by Crippen LogP contribution is 2.25. The van der Waals surface area contributed by atoms with Gasteiger partial charge in [0.1, 0.15) is 10.3 Å². The molecule has 12 heteroatoms. The molecule has 4 rings (SSSR count). The van der Waals surface area contributed by atoms with Gasteiger partial charge in [0, 0.05) is 24.6 Å². The van der Waals surface area contributed by atoms with Crippen molar-refractivity contribution >= 4 is 27.5 Å². The van der Waals surface area contributed by atoms with Crippen molar-refractivity contribution in [3.05, 3.63) is 64.0 Å². The van der Waals surface area contributed by atoms with Gasteiger partial charge in [-0.2, -0.15) is 4.68 Å². The normalized spacial score (nSPS) is 11.3. The van der Waals surface area contributed by atoms with Crippen LogP contribution in [-0.4, -0.2) is 40.5 Å². The summed E-state index contributed by atoms with van der Waals surface area (Å²) < 4.78 is 29.5. The monoisotopic (exact) mass is 462 g/mol. The molecular formula is C17H13BrF2N8O. The summed E-state index contributed by atoms with van der Waals surface area (Å²) in [5, 5.41) is 13.1. The zero-order valence-corrected chi connectivity index (χ0v) is 16.5. The summed E-state index contributed by atoms with van der Waals surface area (Å²) in [5.74, 6) is -1.05. The highest BCUT2D eigenvalue weighted by molar-refractivity contribution is 9.10. The molecule has 148 valence electrons. The quantitative estimate of drug-likeness (QED) is 0.488. The van der Waals surface area contributed by atoms with Crippen LogP contribution in [0.3, 0.4) is 0 Å². The Hall–Kier alpha value is -3.28. The van der Waals surface area contributed by atoms with Crippen molar-refractivity contribution in [3.8, 4) is 5.69 Å². The van der Waals surface area contributed by atoms with Crippen molar-refractivity contribution in [2.75, 3.05) is 0 Å². The topological polar surface area (TPSA) is 103 Å². The second-order valence-corrected chi connectivity index (χ2v) is 6.94. The molecule has 0 aliphatic heterocycles. The maximum absolute atomic E-state index is 13.3. The number of nitrogens with one attached hydrogen (secondary N) is 1. The smallest absolute Gasteiger partial charge is 0.299 e. The number of rotatable bonds is 5. The number of alkyl halides is 2. The summed E-state index contributed by atoms with van der Waals surface area (Å²) in [6.45, 7) is 2.13. The molecule has 4 aromatic rings. The number of pyridine rings is 2. The fourth-order valence-electron chi connectivity index (χ4n) is 2.71. The van der Waals surface area contributed by atoms with Gasteiger partial charge in [-0.15, -0.1) is 5.10 Å². The predicted molar refractivity (Wildman–Crippen MR) is 101 cm³/mol. The number of aromatic nitrogens is 7. The summed E-state index contributed by atoms with van der Waals surface area (Å²) in [6, 6.07) is 5.12. The molecule has 0 aromatic carbocycles. The molecule has 0 fully saturated rings. The minimum absolute atomic E-state index is 0.153. The highest BCUT2D eigenvalue weighted by Gasteiger charge is 2.22. The molecule has 0 atom stereocenters. The van der Waals surface area contributed by atoms with E-state index in [2.05, 4.69) is 46.7 Å². The molecule has 0 radical (unpaired) electrons. The van der Waals surface area contributed by atoms with E-state index in [1.807, 2.05) is 19.1 Å². The number of carbonyl (C=O) groups is 1. The lowest BCUT2D eigenvalue weighted by Gasteiger charge is -2.10. The van der Waals surface area contributed by atoms with E-state index in [-0.39, 0.29) is 17.8 Å². The van der Waals surface area contributed by atoms with Crippen molar-refractivity contribution < 1.29 is 13.6 Å². The molecule has 0 unspecified atom stereocenters. The number of nitrogens with zero attached hydrogens (tertiary/aromatic N) is 7. The van der Waals surface area contributed by atoms with Gasteiger partial charge in [0.05, 0.1) is 11.8 Å². The van der Waals surface area contributed by atoms with Crippen LogP contribution < -0.4 is 5.32 Å². The average molecular weight is 463 g/mol. The predicted octanol–water partition coefficient (Wildman–Crippen LogP) is 2.64. The van der Waals surface area contributed by atoms with Crippen LogP contribution in [0.5, 0.6) is 0 Å². The molecule has 4 aromatic heterocycles. The van der Waals surface area contributed by atoms with Crippen LogP contribution in [0.15, 0.2) is 41.4 Å². The van der Waals surface area contributed by atoms with Crippen LogP contribution in [0.4, 0.5) is 8.78 Å². The number of hydrogen-bond donors (Lipinski definition) is 1. The Morgan fingerprint density at radius 1 is 1.28 bits per heavy atom. The van der Waals surface area contributed by atoms with Gasteiger partial charge in [0.25, 0.3) is 12.3 Å². The molecule has 0 aliphatic carbocycles. The van der Waals surface area contributed by atoms with Gasteiger partial charge < -0.3 is 5.32 Å². The molecular weight excluding hydrogens is 450 g/mol. The molecule has 0 bridgehead atoms. The Morgan fingerprint density at radius 3 is 2.83 bits per heavy atom. The van der Waals surface area contributed by atoms with Crippen LogP contribution in [-0.2, 0) is 6.54 Å². The molecule has 0 saturated heterocycles. The lowest BCUT2D eigenvalue weighted by atomic mass is 10.2. The Bertz CT molecular complexity index is 1190. The van der Waals surface area contributed by atoms with E-state index in [0.29, 0.717) is 10.3 Å². The number of fused-ring (bicyclic) bond motifs is 1. The Morgan fingerprint density at radius 2 is 2.10 bits per heavy atom. The fraction of sp³-hybridized carbons (Fsp3) is 0.176. The van der Waals surface area contributed by atoms with Crippen molar-refractivity contribution in [1.29, 1.82) is 0 Å². The number of aryl methyl sites for hydroxylation is 1. The molecule has 1 N–H and O–H groups in total. The van der Waals surface area contributed by atoms with Gasteiger partial charge in [0.15, 0.2) is 5.65 Å². The minimum Gasteiger partial charge on any atom is -0.348 e. The third kappa shape index (κ3) is 3.70. The van der Waals surface area contributed by atoms with Gasteiger partial charge in [-0.25, -0.2) is 13.8 Å². The van der Waals surface area contributed by atoms with Gasteiger partial charge in [0.2, 0.25) is 5.82 Å². The Labute approximate surface area is 170 Å². The van der Waals surface area contributed by atoms with Gasteiger partial charge in [-0.1, -0.05) is 6.07 Å². The van der Waals surface area contributed by atoms with Crippen molar-refractivity contribution in [3.63, 3.8) is 0 Å². The zero-order chi connectivity index (χ0) is 20.5. The summed E-state index contributed by atoms with van der Waals surface area (Å²) in [5.41, 5.74) is 2.39. The van der Waals surface area contributed by atoms with Crippen molar-refractivity contribution in [2.45, 2.75) is 19.9 Å². The molecule has 0 spiro atoms. The maximum Gasteiger partial charge on any atom is 0.299 e. The molecule has 0 aliphatic rings. The largest absolute Gasteiger partial charge is 0.348 e. The first-order chi connectivity index (χ1) is 13.9. The third-order valence-corrected chi connectivity index (χ3v) is 4.73. The van der Waals surface area contributed by atoms with E-state index in [9.17, 15) is 13.6 Å². The summed E-state index contributed by atoms with van der Waals surface area (Å²) in [6.07, 6.45) is 1.82. The van der Waals surface area contributed by atoms with Crippen LogP contribution in [0.2, 0.25) is 0 Å². The molecule has 4 heterocycles. The van der Waals surface area contributed by atoms with Crippen LogP contribution in [0.25, 0.3) is 11.3 Å². The molecule has 0 saturated carbocycles. The second kappa shape index (κ2) is 7.62. The number of tetrazole rings is 1. The van der Waals surface area contributed by atoms with Crippen LogP contribution in [0.1, 0.15) is 33.9 Å². The highest BCUT2D eigenvalue weighted by atomic mass is 79.9. The lowest BCUT2D eigenvalue weighted by Crippen LogP contribution is -2.23. The standard InChI is InChI=1S/C17H13BrF2N8O/c1-9-2-3-10(5-21-9)6-23-17(29)11-4-12(15-22-7-13(18)27(15)8-11)28-16(14(19)20)24-25-26-28/h2-5,7-8,14H,6H2,1H3,(H,23,29). The van der Waals surface area contributed by atoms with Gasteiger partial charge in [-0.3, -0.25) is 14.2 Å². The SMILES string of the molecule is Cc1ccc(CNC(=O)c2cc(-n3nnnc3C(F)F)c3ncc(Br)n3c2)cn1. The van der Waals surface area contributed by atoms with Crippen LogP contribution >= 0.6 is 15.9 Å². The van der Waals surface area contributed by atoms with Crippen molar-refractivity contribution in [2.24, 2.45) is 0 Å². The Kier molecular flexibility index (Phi) is 5.01. The number of imidazole rings is 1. The van der Waals surface area contributed by atoms with E-state index >= 15 is 0 Å². The number of halogens is 3. The fourth-order valence-corrected chi connectivity index (χ4v) is 3.08. The van der Waals surface area contributed by atoms with E-state index in [1.165, 1.54) is 12.3 Å². The number of hydrogen-bond acceptors (Lipinski definition) is 6. The second-order valence-electron chi connectivity index (χ2n) is 6.13. The first-order valence-electron chi connectivity index (χ1n) is 8.37. The Balaban J connectivity index is 1.71. The summed E-state index contributed by atoms with van der Waals surface area (Å²) in [4.78, 5) is 21.1. The van der Waals surface area contributed by atoms with Gasteiger partial charge in [-0.05, 0) is 51.0 Å². The van der Waals surface area contributed by atoms with Gasteiger partial charge >= 0.3 is 0 Å². The average Bonchev–Trinajstić information content (AvgIpc) is 3.34. The number of carbonyl (C=O) groups excluding carboxylic acids is 1. The van der Waals surface area contributed by atoms with Crippen LogP contribution in [0, 0.1) is 6.92 Å². The first-order valence-corrected chi connectivity index (χ1v) is 9.16. The minimum atomic E-state index is -2.89.